The number of nitrogens with one attached hydrogen (secondary N) is 3. The number of anilines is 2. The van der Waals surface area contributed by atoms with Gasteiger partial charge in [0.05, 0.1) is 20.6 Å². The molecule has 30 heavy (non-hydrogen) atoms. The van der Waals surface area contributed by atoms with Gasteiger partial charge in [0.1, 0.15) is 0 Å². The summed E-state index contributed by atoms with van der Waals surface area (Å²) < 4.78 is 26.8. The number of rotatable bonds is 5. The zero-order valence-corrected chi connectivity index (χ0v) is 17.6. The minimum atomic E-state index is -4.07. The highest BCUT2D eigenvalue weighted by atomic mass is 35.5. The van der Waals surface area contributed by atoms with E-state index in [9.17, 15) is 18.0 Å². The molecule has 0 aliphatic carbocycles. The Bertz CT molecular complexity index is 1180. The molecule has 0 aliphatic heterocycles. The van der Waals surface area contributed by atoms with Gasteiger partial charge in [0, 0.05) is 11.3 Å². The van der Waals surface area contributed by atoms with Crippen molar-refractivity contribution in [1.29, 1.82) is 0 Å². The van der Waals surface area contributed by atoms with E-state index in [1.54, 1.807) is 36.4 Å². The van der Waals surface area contributed by atoms with E-state index >= 15 is 0 Å². The fourth-order valence-corrected chi connectivity index (χ4v) is 3.75. The number of halogens is 2. The molecule has 3 N–H and O–H groups in total. The smallest absolute Gasteiger partial charge is 0.308 e. The molecule has 3 amide bonds. The van der Waals surface area contributed by atoms with Crippen LogP contribution in [0.25, 0.3) is 0 Å². The SMILES string of the molecule is O=C(Nc1ccc(S(=O)(=O)NC(=O)c2ccccc2)cc1)Nc1cccc(Cl)c1Cl. The van der Waals surface area contributed by atoms with Crippen LogP contribution in [0.2, 0.25) is 10.0 Å². The lowest BCUT2D eigenvalue weighted by Crippen LogP contribution is -2.30. The van der Waals surface area contributed by atoms with Crippen LogP contribution in [0.5, 0.6) is 0 Å². The molecule has 0 bridgehead atoms. The molecule has 3 aromatic rings. The number of hydrogen-bond acceptors (Lipinski definition) is 4. The third kappa shape index (κ3) is 5.29. The van der Waals surface area contributed by atoms with Crippen molar-refractivity contribution in [2.75, 3.05) is 10.6 Å². The van der Waals surface area contributed by atoms with Crippen molar-refractivity contribution in [3.63, 3.8) is 0 Å². The highest BCUT2D eigenvalue weighted by Crippen LogP contribution is 2.29. The summed E-state index contributed by atoms with van der Waals surface area (Å²) in [5.41, 5.74) is 0.874. The first-order valence-corrected chi connectivity index (χ1v) is 10.7. The van der Waals surface area contributed by atoms with Gasteiger partial charge in [-0.2, -0.15) is 0 Å². The van der Waals surface area contributed by atoms with Gasteiger partial charge in [-0.15, -0.1) is 0 Å². The van der Waals surface area contributed by atoms with Gasteiger partial charge in [0.2, 0.25) is 0 Å². The summed E-state index contributed by atoms with van der Waals surface area (Å²) in [6.07, 6.45) is 0. The van der Waals surface area contributed by atoms with Crippen LogP contribution in [0.1, 0.15) is 10.4 Å². The number of carbonyl (C=O) groups excluding carboxylic acids is 2. The van der Waals surface area contributed by atoms with Crippen molar-refractivity contribution < 1.29 is 18.0 Å². The maximum Gasteiger partial charge on any atom is 0.323 e. The average Bonchev–Trinajstić information content (AvgIpc) is 2.72. The van der Waals surface area contributed by atoms with Crippen LogP contribution < -0.4 is 15.4 Å². The van der Waals surface area contributed by atoms with E-state index in [1.807, 2.05) is 4.72 Å². The summed E-state index contributed by atoms with van der Waals surface area (Å²) in [5, 5.41) is 5.59. The zero-order chi connectivity index (χ0) is 21.7. The van der Waals surface area contributed by atoms with E-state index in [1.165, 1.54) is 36.4 Å². The van der Waals surface area contributed by atoms with Crippen LogP contribution >= 0.6 is 23.2 Å². The Morgan fingerprint density at radius 1 is 0.767 bits per heavy atom. The Morgan fingerprint density at radius 3 is 2.10 bits per heavy atom. The van der Waals surface area contributed by atoms with Gasteiger partial charge in [-0.05, 0) is 48.5 Å². The molecular weight excluding hydrogens is 449 g/mol. The Kier molecular flexibility index (Phi) is 6.61. The van der Waals surface area contributed by atoms with Crippen LogP contribution in [-0.4, -0.2) is 20.4 Å². The summed E-state index contributed by atoms with van der Waals surface area (Å²) in [6.45, 7) is 0. The number of carbonyl (C=O) groups is 2. The fourth-order valence-electron chi connectivity index (χ4n) is 2.43. The number of hydrogen-bond donors (Lipinski definition) is 3. The molecule has 0 aliphatic rings. The molecule has 0 spiro atoms. The van der Waals surface area contributed by atoms with Gasteiger partial charge in [0.15, 0.2) is 0 Å². The van der Waals surface area contributed by atoms with E-state index < -0.39 is 22.0 Å². The molecule has 10 heteroatoms. The van der Waals surface area contributed by atoms with E-state index in [0.29, 0.717) is 16.4 Å². The molecule has 0 fully saturated rings. The van der Waals surface area contributed by atoms with Crippen LogP contribution in [0.15, 0.2) is 77.7 Å². The number of benzene rings is 3. The summed E-state index contributed by atoms with van der Waals surface area (Å²) in [6, 6.07) is 17.5. The topological polar surface area (TPSA) is 104 Å². The molecular formula is C20H15Cl2N3O4S. The minimum absolute atomic E-state index is 0.129. The fraction of sp³-hybridized carbons (Fsp3) is 0. The molecule has 0 unspecified atom stereocenters. The number of urea groups is 1. The second-order valence-corrected chi connectivity index (χ2v) is 8.47. The monoisotopic (exact) mass is 463 g/mol. The van der Waals surface area contributed by atoms with E-state index in [-0.39, 0.29) is 15.5 Å². The largest absolute Gasteiger partial charge is 0.323 e. The lowest BCUT2D eigenvalue weighted by atomic mass is 10.2. The van der Waals surface area contributed by atoms with Crippen molar-refractivity contribution in [3.05, 3.63) is 88.4 Å². The Hall–Kier alpha value is -3.07. The third-order valence-electron chi connectivity index (χ3n) is 3.89. The first-order valence-electron chi connectivity index (χ1n) is 8.50. The van der Waals surface area contributed by atoms with Crippen LogP contribution in [0.4, 0.5) is 16.2 Å². The molecule has 0 aromatic heterocycles. The normalized spacial score (nSPS) is 10.9. The lowest BCUT2D eigenvalue weighted by molar-refractivity contribution is 0.0981. The van der Waals surface area contributed by atoms with Gasteiger partial charge in [0.25, 0.3) is 15.9 Å². The second-order valence-electron chi connectivity index (χ2n) is 6.01. The molecule has 7 nitrogen and oxygen atoms in total. The highest BCUT2D eigenvalue weighted by Gasteiger charge is 2.18. The third-order valence-corrected chi connectivity index (χ3v) is 6.05. The maximum atomic E-state index is 12.4. The number of amides is 3. The van der Waals surface area contributed by atoms with E-state index in [0.717, 1.165) is 0 Å². The second kappa shape index (κ2) is 9.17. The number of sulfonamides is 1. The van der Waals surface area contributed by atoms with Crippen LogP contribution in [-0.2, 0) is 10.0 Å². The summed E-state index contributed by atoms with van der Waals surface area (Å²) in [5.74, 6) is -0.740. The van der Waals surface area contributed by atoms with Crippen molar-refractivity contribution in [1.82, 2.24) is 4.72 Å². The minimum Gasteiger partial charge on any atom is -0.308 e. The molecule has 3 rings (SSSR count). The standard InChI is InChI=1S/C20H15Cl2N3O4S/c21-16-7-4-8-17(18(16)22)24-20(27)23-14-9-11-15(12-10-14)30(28,29)25-19(26)13-5-2-1-3-6-13/h1-12H,(H,25,26)(H2,23,24,27). The van der Waals surface area contributed by atoms with Crippen molar-refractivity contribution in [2.45, 2.75) is 4.90 Å². The van der Waals surface area contributed by atoms with Crippen molar-refractivity contribution >= 4 is 56.5 Å². The Labute approximate surface area is 183 Å². The predicted molar refractivity (Wildman–Crippen MR) is 117 cm³/mol. The summed E-state index contributed by atoms with van der Waals surface area (Å²) >= 11 is 11.9. The Morgan fingerprint density at radius 2 is 1.43 bits per heavy atom. The van der Waals surface area contributed by atoms with Gasteiger partial charge in [-0.25, -0.2) is 17.9 Å². The molecule has 0 heterocycles. The summed E-state index contributed by atoms with van der Waals surface area (Å²) in [7, 11) is -4.07. The van der Waals surface area contributed by atoms with Crippen LogP contribution in [0, 0.1) is 0 Å². The molecule has 0 radical (unpaired) electrons. The van der Waals surface area contributed by atoms with Gasteiger partial charge >= 0.3 is 6.03 Å². The zero-order valence-electron chi connectivity index (χ0n) is 15.2. The molecule has 154 valence electrons. The van der Waals surface area contributed by atoms with E-state index in [4.69, 9.17) is 23.2 Å². The molecule has 3 aromatic carbocycles. The van der Waals surface area contributed by atoms with Crippen molar-refractivity contribution in [3.8, 4) is 0 Å². The predicted octanol–water partition coefficient (Wildman–Crippen LogP) is 4.76. The van der Waals surface area contributed by atoms with Gasteiger partial charge < -0.3 is 10.6 Å². The van der Waals surface area contributed by atoms with Gasteiger partial charge in [-0.3, -0.25) is 4.79 Å². The van der Waals surface area contributed by atoms with Crippen molar-refractivity contribution in [2.24, 2.45) is 0 Å². The first-order chi connectivity index (χ1) is 14.3. The quantitative estimate of drug-likeness (QED) is 0.507. The molecule has 0 saturated carbocycles. The average molecular weight is 464 g/mol. The molecule has 0 saturated heterocycles. The van der Waals surface area contributed by atoms with Gasteiger partial charge in [-0.1, -0.05) is 47.5 Å². The summed E-state index contributed by atoms with van der Waals surface area (Å²) in [4.78, 5) is 24.1. The van der Waals surface area contributed by atoms with E-state index in [2.05, 4.69) is 10.6 Å². The highest BCUT2D eigenvalue weighted by molar-refractivity contribution is 7.90. The maximum absolute atomic E-state index is 12.4. The Balaban J connectivity index is 1.66. The first kappa shape index (κ1) is 21.6. The van der Waals surface area contributed by atoms with Crippen LogP contribution in [0.3, 0.4) is 0 Å². The molecule has 0 atom stereocenters. The lowest BCUT2D eigenvalue weighted by Gasteiger charge is -2.11.